The van der Waals surface area contributed by atoms with Crippen LogP contribution in [0.25, 0.3) is 11.5 Å². The Bertz CT molecular complexity index is 624. The van der Waals surface area contributed by atoms with Gasteiger partial charge in [-0.25, -0.2) is 9.97 Å². The Balaban J connectivity index is 2.36. The standard InChI is InChI=1S/C16H21ClN4/c1-10-12(9-19-16(3,4)5)11(2)21-15(20-10)14-13(17)7-6-8-18-14/h6-8,19H,9H2,1-5H3. The molecule has 2 rings (SSSR count). The van der Waals surface area contributed by atoms with E-state index in [4.69, 9.17) is 11.6 Å². The zero-order valence-corrected chi connectivity index (χ0v) is 13.9. The molecule has 2 heterocycles. The van der Waals surface area contributed by atoms with Gasteiger partial charge in [-0.1, -0.05) is 11.6 Å². The predicted molar refractivity (Wildman–Crippen MR) is 86.3 cm³/mol. The van der Waals surface area contributed by atoms with E-state index in [1.807, 2.05) is 13.8 Å². The summed E-state index contributed by atoms with van der Waals surface area (Å²) in [7, 11) is 0. The third-order valence-electron chi connectivity index (χ3n) is 3.19. The number of aryl methyl sites for hydroxylation is 2. The fourth-order valence-electron chi connectivity index (χ4n) is 2.00. The predicted octanol–water partition coefficient (Wildman–Crippen LogP) is 3.70. The Morgan fingerprint density at radius 2 is 1.76 bits per heavy atom. The van der Waals surface area contributed by atoms with Gasteiger partial charge in [-0.15, -0.1) is 0 Å². The molecule has 0 saturated carbocycles. The smallest absolute Gasteiger partial charge is 0.180 e. The molecule has 0 bridgehead atoms. The van der Waals surface area contributed by atoms with E-state index in [1.165, 1.54) is 0 Å². The Morgan fingerprint density at radius 3 is 2.29 bits per heavy atom. The lowest BCUT2D eigenvalue weighted by atomic mass is 10.1. The molecule has 21 heavy (non-hydrogen) atoms. The van der Waals surface area contributed by atoms with Crippen molar-refractivity contribution in [2.75, 3.05) is 0 Å². The summed E-state index contributed by atoms with van der Waals surface area (Å²) in [5.74, 6) is 0.579. The number of aromatic nitrogens is 3. The second-order valence-electron chi connectivity index (χ2n) is 6.13. The van der Waals surface area contributed by atoms with Crippen molar-refractivity contribution < 1.29 is 0 Å². The first-order chi connectivity index (χ1) is 9.78. The Kier molecular flexibility index (Phi) is 4.59. The molecular weight excluding hydrogens is 284 g/mol. The molecule has 2 aromatic rings. The van der Waals surface area contributed by atoms with Crippen molar-refractivity contribution in [1.82, 2.24) is 20.3 Å². The van der Waals surface area contributed by atoms with Crippen molar-refractivity contribution in [2.45, 2.75) is 46.7 Å². The van der Waals surface area contributed by atoms with Crippen LogP contribution in [0, 0.1) is 13.8 Å². The van der Waals surface area contributed by atoms with Gasteiger partial charge in [0.1, 0.15) is 5.69 Å². The molecule has 1 N–H and O–H groups in total. The summed E-state index contributed by atoms with van der Waals surface area (Å²) in [6.45, 7) is 11.2. The van der Waals surface area contributed by atoms with E-state index < -0.39 is 0 Å². The molecule has 0 fully saturated rings. The monoisotopic (exact) mass is 304 g/mol. The first-order valence-corrected chi connectivity index (χ1v) is 7.36. The van der Waals surface area contributed by atoms with Gasteiger partial charge in [0.15, 0.2) is 5.82 Å². The molecule has 5 heteroatoms. The molecule has 0 aromatic carbocycles. The van der Waals surface area contributed by atoms with Crippen molar-refractivity contribution in [2.24, 2.45) is 0 Å². The van der Waals surface area contributed by atoms with E-state index in [0.29, 0.717) is 16.5 Å². The van der Waals surface area contributed by atoms with Crippen molar-refractivity contribution >= 4 is 11.6 Å². The second-order valence-corrected chi connectivity index (χ2v) is 6.54. The van der Waals surface area contributed by atoms with Gasteiger partial charge in [0.05, 0.1) is 5.02 Å². The maximum absolute atomic E-state index is 6.17. The lowest BCUT2D eigenvalue weighted by molar-refractivity contribution is 0.422. The molecule has 0 aliphatic carbocycles. The highest BCUT2D eigenvalue weighted by atomic mass is 35.5. The topological polar surface area (TPSA) is 50.7 Å². The largest absolute Gasteiger partial charge is 0.308 e. The molecule has 2 aromatic heterocycles. The lowest BCUT2D eigenvalue weighted by Crippen LogP contribution is -2.35. The highest BCUT2D eigenvalue weighted by Crippen LogP contribution is 2.24. The van der Waals surface area contributed by atoms with E-state index in [9.17, 15) is 0 Å². The normalized spacial score (nSPS) is 11.7. The number of nitrogens with one attached hydrogen (secondary N) is 1. The fourth-order valence-corrected chi connectivity index (χ4v) is 2.21. The minimum Gasteiger partial charge on any atom is -0.308 e. The van der Waals surface area contributed by atoms with Crippen LogP contribution >= 0.6 is 11.6 Å². The summed E-state index contributed by atoms with van der Waals surface area (Å²) in [5.41, 5.74) is 3.72. The Morgan fingerprint density at radius 1 is 1.14 bits per heavy atom. The number of halogens is 1. The van der Waals surface area contributed by atoms with Crippen LogP contribution in [-0.2, 0) is 6.54 Å². The zero-order valence-electron chi connectivity index (χ0n) is 13.2. The molecule has 0 radical (unpaired) electrons. The molecule has 0 aliphatic heterocycles. The van der Waals surface area contributed by atoms with Crippen LogP contribution in [0.15, 0.2) is 18.3 Å². The van der Waals surface area contributed by atoms with Crippen LogP contribution < -0.4 is 5.32 Å². The summed E-state index contributed by atoms with van der Waals surface area (Å²) in [6, 6.07) is 3.60. The summed E-state index contributed by atoms with van der Waals surface area (Å²) in [4.78, 5) is 13.4. The maximum atomic E-state index is 6.17. The molecule has 0 amide bonds. The maximum Gasteiger partial charge on any atom is 0.180 e. The average molecular weight is 305 g/mol. The summed E-state index contributed by atoms with van der Waals surface area (Å²) < 4.78 is 0. The molecule has 0 unspecified atom stereocenters. The molecule has 0 atom stereocenters. The highest BCUT2D eigenvalue weighted by Gasteiger charge is 2.15. The molecule has 4 nitrogen and oxygen atoms in total. The van der Waals surface area contributed by atoms with E-state index in [1.54, 1.807) is 18.3 Å². The van der Waals surface area contributed by atoms with Crippen molar-refractivity contribution in [1.29, 1.82) is 0 Å². The second kappa shape index (κ2) is 6.08. The van der Waals surface area contributed by atoms with Gasteiger partial charge in [0.25, 0.3) is 0 Å². The van der Waals surface area contributed by atoms with E-state index in [2.05, 4.69) is 41.0 Å². The molecule has 112 valence electrons. The Labute approximate surface area is 131 Å². The SMILES string of the molecule is Cc1nc(-c2ncccc2Cl)nc(C)c1CNC(C)(C)C. The van der Waals surface area contributed by atoms with E-state index in [-0.39, 0.29) is 5.54 Å². The van der Waals surface area contributed by atoms with Crippen molar-refractivity contribution in [3.8, 4) is 11.5 Å². The fraction of sp³-hybridized carbons (Fsp3) is 0.438. The van der Waals surface area contributed by atoms with Gasteiger partial charge in [-0.05, 0) is 46.8 Å². The lowest BCUT2D eigenvalue weighted by Gasteiger charge is -2.22. The van der Waals surface area contributed by atoms with Gasteiger partial charge < -0.3 is 5.32 Å². The van der Waals surface area contributed by atoms with E-state index >= 15 is 0 Å². The Hall–Kier alpha value is -1.52. The molecule has 0 saturated heterocycles. The van der Waals surface area contributed by atoms with Gasteiger partial charge in [-0.3, -0.25) is 4.98 Å². The highest BCUT2D eigenvalue weighted by molar-refractivity contribution is 6.32. The van der Waals surface area contributed by atoms with Crippen LogP contribution in [0.2, 0.25) is 5.02 Å². The molecule has 0 aliphatic rings. The average Bonchev–Trinajstić information content (AvgIpc) is 2.36. The van der Waals surface area contributed by atoms with Crippen LogP contribution in [-0.4, -0.2) is 20.5 Å². The number of rotatable bonds is 3. The minimum absolute atomic E-state index is 0.0574. The third kappa shape index (κ3) is 3.99. The quantitative estimate of drug-likeness (QED) is 0.939. The van der Waals surface area contributed by atoms with Crippen LogP contribution in [0.3, 0.4) is 0 Å². The van der Waals surface area contributed by atoms with Gasteiger partial charge in [0.2, 0.25) is 0 Å². The first kappa shape index (κ1) is 15.9. The summed E-state index contributed by atoms with van der Waals surface area (Å²) >= 11 is 6.17. The van der Waals surface area contributed by atoms with Gasteiger partial charge in [0, 0.05) is 35.2 Å². The van der Waals surface area contributed by atoms with Crippen LogP contribution in [0.5, 0.6) is 0 Å². The molecular formula is C16H21ClN4. The van der Waals surface area contributed by atoms with Crippen molar-refractivity contribution in [3.63, 3.8) is 0 Å². The number of pyridine rings is 1. The minimum atomic E-state index is 0.0574. The van der Waals surface area contributed by atoms with Gasteiger partial charge in [-0.2, -0.15) is 0 Å². The van der Waals surface area contributed by atoms with Gasteiger partial charge >= 0.3 is 0 Å². The number of hydrogen-bond acceptors (Lipinski definition) is 4. The third-order valence-corrected chi connectivity index (χ3v) is 3.49. The number of hydrogen-bond donors (Lipinski definition) is 1. The zero-order chi connectivity index (χ0) is 15.6. The number of nitrogens with zero attached hydrogens (tertiary/aromatic N) is 3. The summed E-state index contributed by atoms with van der Waals surface area (Å²) in [5, 5.41) is 4.04. The van der Waals surface area contributed by atoms with Crippen molar-refractivity contribution in [3.05, 3.63) is 40.3 Å². The first-order valence-electron chi connectivity index (χ1n) is 6.98. The van der Waals surface area contributed by atoms with E-state index in [0.717, 1.165) is 23.5 Å². The summed E-state index contributed by atoms with van der Waals surface area (Å²) in [6.07, 6.45) is 1.70. The molecule has 0 spiro atoms. The van der Waals surface area contributed by atoms with Crippen LogP contribution in [0.1, 0.15) is 37.7 Å². The van der Waals surface area contributed by atoms with Crippen LogP contribution in [0.4, 0.5) is 0 Å².